The summed E-state index contributed by atoms with van der Waals surface area (Å²) in [7, 11) is 1.87. The molecule has 0 bridgehead atoms. The first kappa shape index (κ1) is 15.5. The first-order valence-corrected chi connectivity index (χ1v) is 7.82. The Labute approximate surface area is 135 Å². The van der Waals surface area contributed by atoms with Crippen LogP contribution >= 0.6 is 11.8 Å². The Morgan fingerprint density at radius 1 is 1.26 bits per heavy atom. The van der Waals surface area contributed by atoms with Crippen molar-refractivity contribution in [3.63, 3.8) is 0 Å². The fourth-order valence-electron chi connectivity index (χ4n) is 2.16. The summed E-state index contributed by atoms with van der Waals surface area (Å²) in [5, 5.41) is 3.12. The van der Waals surface area contributed by atoms with Crippen molar-refractivity contribution in [2.24, 2.45) is 7.05 Å². The number of carbonyl (C=O) groups excluding carboxylic acids is 1. The molecule has 3 rings (SSSR count). The van der Waals surface area contributed by atoms with Crippen molar-refractivity contribution in [2.45, 2.75) is 5.16 Å². The first-order valence-electron chi connectivity index (χ1n) is 6.84. The molecule has 23 heavy (non-hydrogen) atoms. The van der Waals surface area contributed by atoms with Crippen LogP contribution in [-0.4, -0.2) is 21.2 Å². The zero-order chi connectivity index (χ0) is 16.4. The van der Waals surface area contributed by atoms with Crippen molar-refractivity contribution < 1.29 is 13.6 Å². The van der Waals surface area contributed by atoms with Crippen molar-refractivity contribution in [1.82, 2.24) is 9.55 Å². The number of benzene rings is 2. The van der Waals surface area contributed by atoms with Crippen molar-refractivity contribution in [3.8, 4) is 0 Å². The summed E-state index contributed by atoms with van der Waals surface area (Å²) >= 11 is 1.25. The molecule has 1 amide bonds. The van der Waals surface area contributed by atoms with Crippen molar-refractivity contribution >= 4 is 34.4 Å². The van der Waals surface area contributed by atoms with Crippen LogP contribution in [0.1, 0.15) is 0 Å². The van der Waals surface area contributed by atoms with Gasteiger partial charge in [-0.15, -0.1) is 0 Å². The molecule has 2 aromatic carbocycles. The number of nitrogens with one attached hydrogen (secondary N) is 1. The minimum atomic E-state index is -0.800. The number of para-hydroxylation sites is 2. The third kappa shape index (κ3) is 3.34. The van der Waals surface area contributed by atoms with Gasteiger partial charge >= 0.3 is 0 Å². The third-order valence-electron chi connectivity index (χ3n) is 3.28. The molecule has 0 aliphatic rings. The zero-order valence-electron chi connectivity index (χ0n) is 12.2. The summed E-state index contributed by atoms with van der Waals surface area (Å²) in [6.45, 7) is 0. The second-order valence-corrected chi connectivity index (χ2v) is 5.85. The molecule has 4 nitrogen and oxygen atoms in total. The number of aromatic nitrogens is 2. The van der Waals surface area contributed by atoms with Crippen molar-refractivity contribution in [3.05, 3.63) is 54.1 Å². The van der Waals surface area contributed by atoms with E-state index in [-0.39, 0.29) is 17.3 Å². The van der Waals surface area contributed by atoms with Crippen LogP contribution in [-0.2, 0) is 11.8 Å². The second kappa shape index (κ2) is 6.37. The highest BCUT2D eigenvalue weighted by Crippen LogP contribution is 2.23. The van der Waals surface area contributed by atoms with E-state index in [4.69, 9.17) is 0 Å². The molecule has 1 heterocycles. The Bertz CT molecular complexity index is 879. The fraction of sp³-hybridized carbons (Fsp3) is 0.125. The molecule has 0 unspecified atom stereocenters. The van der Waals surface area contributed by atoms with Crippen molar-refractivity contribution in [1.29, 1.82) is 0 Å². The number of amides is 1. The predicted octanol–water partition coefficient (Wildman–Crippen LogP) is 3.58. The average Bonchev–Trinajstić information content (AvgIpc) is 2.85. The summed E-state index contributed by atoms with van der Waals surface area (Å²) in [5.74, 6) is -1.79. The molecule has 0 aliphatic heterocycles. The molecular formula is C16H13F2N3OS. The van der Waals surface area contributed by atoms with Crippen LogP contribution in [0.2, 0.25) is 0 Å². The van der Waals surface area contributed by atoms with E-state index < -0.39 is 11.6 Å². The highest BCUT2D eigenvalue weighted by molar-refractivity contribution is 7.99. The number of anilines is 1. The Balaban J connectivity index is 1.67. The molecular weight excluding hydrogens is 320 g/mol. The lowest BCUT2D eigenvalue weighted by molar-refractivity contribution is -0.113. The maximum absolute atomic E-state index is 13.5. The van der Waals surface area contributed by atoms with Gasteiger partial charge in [0, 0.05) is 13.1 Å². The SMILES string of the molecule is Cn1c(SCC(=O)Nc2ccc(F)cc2F)nc2ccccc21. The topological polar surface area (TPSA) is 46.9 Å². The largest absolute Gasteiger partial charge is 0.323 e. The smallest absolute Gasteiger partial charge is 0.234 e. The number of thioether (sulfide) groups is 1. The van der Waals surface area contributed by atoms with Gasteiger partial charge in [0.25, 0.3) is 0 Å². The van der Waals surface area contributed by atoms with Gasteiger partial charge in [-0.3, -0.25) is 4.79 Å². The van der Waals surface area contributed by atoms with E-state index in [9.17, 15) is 13.6 Å². The summed E-state index contributed by atoms with van der Waals surface area (Å²) in [6.07, 6.45) is 0. The van der Waals surface area contributed by atoms with Crippen LogP contribution in [0.25, 0.3) is 11.0 Å². The highest BCUT2D eigenvalue weighted by atomic mass is 32.2. The van der Waals surface area contributed by atoms with E-state index >= 15 is 0 Å². The first-order chi connectivity index (χ1) is 11.0. The lowest BCUT2D eigenvalue weighted by atomic mass is 10.3. The average molecular weight is 333 g/mol. The normalized spacial score (nSPS) is 10.9. The number of halogens is 2. The molecule has 0 atom stereocenters. The van der Waals surface area contributed by atoms with Crippen LogP contribution in [0.4, 0.5) is 14.5 Å². The standard InChI is InChI=1S/C16H13F2N3OS/c1-21-14-5-3-2-4-13(14)20-16(21)23-9-15(22)19-12-7-6-10(17)8-11(12)18/h2-8H,9H2,1H3,(H,19,22). The number of imidazole rings is 1. The minimum absolute atomic E-state index is 0.0398. The maximum atomic E-state index is 13.5. The molecule has 7 heteroatoms. The monoisotopic (exact) mass is 333 g/mol. The highest BCUT2D eigenvalue weighted by Gasteiger charge is 2.12. The van der Waals surface area contributed by atoms with Gasteiger partial charge in [-0.05, 0) is 24.3 Å². The van der Waals surface area contributed by atoms with Gasteiger partial charge in [0.05, 0.1) is 22.5 Å². The van der Waals surface area contributed by atoms with E-state index in [1.165, 1.54) is 17.8 Å². The Hall–Kier alpha value is -2.41. The number of hydrogen-bond acceptors (Lipinski definition) is 3. The Kier molecular flexibility index (Phi) is 4.29. The Morgan fingerprint density at radius 2 is 2.04 bits per heavy atom. The summed E-state index contributed by atoms with van der Waals surface area (Å²) in [4.78, 5) is 16.4. The quantitative estimate of drug-likeness (QED) is 0.742. The molecule has 0 fully saturated rings. The summed E-state index contributed by atoms with van der Waals surface area (Å²) in [5.41, 5.74) is 1.78. The number of aryl methyl sites for hydroxylation is 1. The van der Waals surface area contributed by atoms with Gasteiger partial charge in [0.15, 0.2) is 5.16 Å². The summed E-state index contributed by atoms with van der Waals surface area (Å²) in [6, 6.07) is 10.7. The van der Waals surface area contributed by atoms with E-state index in [1.54, 1.807) is 0 Å². The number of rotatable bonds is 4. The molecule has 0 saturated carbocycles. The van der Waals surface area contributed by atoms with E-state index in [0.29, 0.717) is 5.16 Å². The van der Waals surface area contributed by atoms with E-state index in [0.717, 1.165) is 23.2 Å². The lowest BCUT2D eigenvalue weighted by Gasteiger charge is -2.06. The lowest BCUT2D eigenvalue weighted by Crippen LogP contribution is -2.15. The second-order valence-electron chi connectivity index (χ2n) is 4.90. The molecule has 1 N–H and O–H groups in total. The predicted molar refractivity (Wildman–Crippen MR) is 86.4 cm³/mol. The molecule has 1 aromatic heterocycles. The van der Waals surface area contributed by atoms with Crippen LogP contribution < -0.4 is 5.32 Å². The zero-order valence-corrected chi connectivity index (χ0v) is 13.0. The van der Waals surface area contributed by atoms with Gasteiger partial charge in [-0.25, -0.2) is 13.8 Å². The van der Waals surface area contributed by atoms with Crippen LogP contribution in [0, 0.1) is 11.6 Å². The molecule has 0 spiro atoms. The van der Waals surface area contributed by atoms with Crippen LogP contribution in [0.3, 0.4) is 0 Å². The number of fused-ring (bicyclic) bond motifs is 1. The summed E-state index contributed by atoms with van der Waals surface area (Å²) < 4.78 is 28.2. The molecule has 3 aromatic rings. The van der Waals surface area contributed by atoms with Gasteiger partial charge in [-0.2, -0.15) is 0 Å². The van der Waals surface area contributed by atoms with Gasteiger partial charge < -0.3 is 9.88 Å². The minimum Gasteiger partial charge on any atom is -0.323 e. The van der Waals surface area contributed by atoms with Gasteiger partial charge in [-0.1, -0.05) is 23.9 Å². The molecule has 118 valence electrons. The maximum Gasteiger partial charge on any atom is 0.234 e. The number of nitrogens with zero attached hydrogens (tertiary/aromatic N) is 2. The molecule has 0 saturated heterocycles. The molecule has 0 aliphatic carbocycles. The fourth-order valence-corrected chi connectivity index (χ4v) is 2.95. The van der Waals surface area contributed by atoms with Crippen molar-refractivity contribution in [2.75, 3.05) is 11.1 Å². The van der Waals surface area contributed by atoms with Crippen LogP contribution in [0.5, 0.6) is 0 Å². The third-order valence-corrected chi connectivity index (χ3v) is 4.31. The molecule has 0 radical (unpaired) electrons. The van der Waals surface area contributed by atoms with E-state index in [1.807, 2.05) is 35.9 Å². The van der Waals surface area contributed by atoms with Gasteiger partial charge in [0.1, 0.15) is 11.6 Å². The number of carbonyl (C=O) groups is 1. The Morgan fingerprint density at radius 3 is 2.78 bits per heavy atom. The van der Waals surface area contributed by atoms with Gasteiger partial charge in [0.2, 0.25) is 5.91 Å². The van der Waals surface area contributed by atoms with Crippen LogP contribution in [0.15, 0.2) is 47.6 Å². The number of hydrogen-bond donors (Lipinski definition) is 1. The van der Waals surface area contributed by atoms with E-state index in [2.05, 4.69) is 10.3 Å².